The molecule has 0 heterocycles. The number of amides is 1. The Morgan fingerprint density at radius 3 is 2.26 bits per heavy atom. The topological polar surface area (TPSA) is 29.1 Å². The molecule has 0 spiro atoms. The van der Waals surface area contributed by atoms with E-state index in [1.165, 1.54) is 21.6 Å². The summed E-state index contributed by atoms with van der Waals surface area (Å²) in [5, 5.41) is 2.97. The highest BCUT2D eigenvalue weighted by Crippen LogP contribution is 2.39. The van der Waals surface area contributed by atoms with Gasteiger partial charge in [-0.25, -0.2) is 0 Å². The maximum atomic E-state index is 12.8. The summed E-state index contributed by atoms with van der Waals surface area (Å²) >= 11 is 1.67. The molecule has 1 unspecified atom stereocenters. The molecular formula is C20H23NOS. The predicted octanol–water partition coefficient (Wildman–Crippen LogP) is 4.72. The zero-order valence-electron chi connectivity index (χ0n) is 13.9. The molecule has 2 aromatic carbocycles. The van der Waals surface area contributed by atoms with Gasteiger partial charge in [0.1, 0.15) is 5.25 Å². The van der Waals surface area contributed by atoms with Gasteiger partial charge in [-0.1, -0.05) is 48.0 Å². The quantitative estimate of drug-likeness (QED) is 0.806. The summed E-state index contributed by atoms with van der Waals surface area (Å²) in [5.41, 5.74) is 4.82. The molecule has 23 heavy (non-hydrogen) atoms. The second kappa shape index (κ2) is 6.79. The Kier molecular flexibility index (Phi) is 4.76. The first-order valence-electron chi connectivity index (χ1n) is 8.14. The van der Waals surface area contributed by atoms with E-state index in [0.717, 1.165) is 18.4 Å². The standard InChI is InChI=1S/C20H23NOS/c1-13-11-14(2)18(15(3)12-13)23-19(16-7-5-4-6-8-16)20(22)21-17-9-10-17/h4-8,11-12,17,19H,9-10H2,1-3H3,(H,21,22). The van der Waals surface area contributed by atoms with Gasteiger partial charge in [-0.2, -0.15) is 0 Å². The summed E-state index contributed by atoms with van der Waals surface area (Å²) in [6.07, 6.45) is 2.22. The highest BCUT2D eigenvalue weighted by molar-refractivity contribution is 8.00. The summed E-state index contributed by atoms with van der Waals surface area (Å²) < 4.78 is 0. The number of nitrogens with one attached hydrogen (secondary N) is 1. The van der Waals surface area contributed by atoms with E-state index in [1.54, 1.807) is 11.8 Å². The van der Waals surface area contributed by atoms with Crippen molar-refractivity contribution in [3.05, 3.63) is 64.7 Å². The van der Waals surface area contributed by atoms with Crippen LogP contribution in [-0.4, -0.2) is 11.9 Å². The lowest BCUT2D eigenvalue weighted by atomic mass is 10.1. The Hall–Kier alpha value is -1.74. The van der Waals surface area contributed by atoms with Crippen LogP contribution < -0.4 is 5.32 Å². The molecule has 1 atom stereocenters. The van der Waals surface area contributed by atoms with E-state index in [9.17, 15) is 4.79 Å². The molecule has 3 heteroatoms. The van der Waals surface area contributed by atoms with Crippen LogP contribution in [0.3, 0.4) is 0 Å². The molecule has 1 amide bonds. The molecule has 2 aromatic rings. The summed E-state index contributed by atoms with van der Waals surface area (Å²) in [4.78, 5) is 14.0. The zero-order valence-corrected chi connectivity index (χ0v) is 14.7. The van der Waals surface area contributed by atoms with Gasteiger partial charge in [0.05, 0.1) is 0 Å². The highest BCUT2D eigenvalue weighted by atomic mass is 32.2. The lowest BCUT2D eigenvalue weighted by molar-refractivity contribution is -0.120. The first-order chi connectivity index (χ1) is 11.0. The third-order valence-electron chi connectivity index (χ3n) is 4.10. The Morgan fingerprint density at radius 1 is 1.09 bits per heavy atom. The Balaban J connectivity index is 1.91. The number of benzene rings is 2. The van der Waals surface area contributed by atoms with Gasteiger partial charge in [-0.15, -0.1) is 11.8 Å². The summed E-state index contributed by atoms with van der Waals surface area (Å²) in [7, 11) is 0. The number of carbonyl (C=O) groups excluding carboxylic acids is 1. The minimum absolute atomic E-state index is 0.128. The van der Waals surface area contributed by atoms with Crippen LogP contribution in [0, 0.1) is 20.8 Å². The fourth-order valence-electron chi connectivity index (χ4n) is 2.88. The number of hydrogen-bond acceptors (Lipinski definition) is 2. The van der Waals surface area contributed by atoms with E-state index in [0.29, 0.717) is 6.04 Å². The average Bonchev–Trinajstić information content (AvgIpc) is 3.31. The second-order valence-corrected chi connectivity index (χ2v) is 7.53. The van der Waals surface area contributed by atoms with Crippen molar-refractivity contribution in [2.75, 3.05) is 0 Å². The molecule has 1 aliphatic carbocycles. The van der Waals surface area contributed by atoms with Crippen molar-refractivity contribution in [1.82, 2.24) is 5.32 Å². The Morgan fingerprint density at radius 2 is 1.70 bits per heavy atom. The van der Waals surface area contributed by atoms with Crippen molar-refractivity contribution in [3.8, 4) is 0 Å². The molecular weight excluding hydrogens is 302 g/mol. The van der Waals surface area contributed by atoms with Gasteiger partial charge in [-0.05, 0) is 50.3 Å². The molecule has 2 nitrogen and oxygen atoms in total. The molecule has 0 saturated heterocycles. The number of carbonyl (C=O) groups is 1. The van der Waals surface area contributed by atoms with Crippen molar-refractivity contribution in [1.29, 1.82) is 0 Å². The van der Waals surface area contributed by atoms with Gasteiger partial charge in [-0.3, -0.25) is 4.79 Å². The van der Waals surface area contributed by atoms with E-state index < -0.39 is 0 Å². The molecule has 3 rings (SSSR count). The van der Waals surface area contributed by atoms with E-state index in [1.807, 2.05) is 30.3 Å². The maximum Gasteiger partial charge on any atom is 0.238 e. The Bertz CT molecular complexity index is 684. The molecule has 1 fully saturated rings. The third kappa shape index (κ3) is 3.97. The average molecular weight is 325 g/mol. The molecule has 1 aliphatic rings. The van der Waals surface area contributed by atoms with Crippen LogP contribution in [0.4, 0.5) is 0 Å². The number of thioether (sulfide) groups is 1. The molecule has 1 N–H and O–H groups in total. The van der Waals surface area contributed by atoms with Gasteiger partial charge >= 0.3 is 0 Å². The van der Waals surface area contributed by atoms with E-state index >= 15 is 0 Å². The molecule has 0 aliphatic heterocycles. The number of aryl methyl sites for hydroxylation is 3. The van der Waals surface area contributed by atoms with Gasteiger partial charge < -0.3 is 5.32 Å². The minimum Gasteiger partial charge on any atom is -0.352 e. The smallest absolute Gasteiger partial charge is 0.238 e. The van der Waals surface area contributed by atoms with Gasteiger partial charge in [0.2, 0.25) is 5.91 Å². The van der Waals surface area contributed by atoms with E-state index in [2.05, 4.69) is 38.2 Å². The van der Waals surface area contributed by atoms with Crippen LogP contribution in [-0.2, 0) is 4.79 Å². The zero-order chi connectivity index (χ0) is 16.4. The SMILES string of the molecule is Cc1cc(C)c(SC(C(=O)NC2CC2)c2ccccc2)c(C)c1. The lowest BCUT2D eigenvalue weighted by Crippen LogP contribution is -2.29. The summed E-state index contributed by atoms with van der Waals surface area (Å²) in [5.74, 6) is 0.128. The second-order valence-electron chi connectivity index (χ2n) is 6.42. The van der Waals surface area contributed by atoms with Crippen molar-refractivity contribution < 1.29 is 4.79 Å². The number of hydrogen-bond donors (Lipinski definition) is 1. The van der Waals surface area contributed by atoms with Crippen LogP contribution >= 0.6 is 11.8 Å². The van der Waals surface area contributed by atoms with Crippen LogP contribution in [0.2, 0.25) is 0 Å². The lowest BCUT2D eigenvalue weighted by Gasteiger charge is -2.19. The maximum absolute atomic E-state index is 12.8. The first kappa shape index (κ1) is 16.1. The molecule has 0 bridgehead atoms. The van der Waals surface area contributed by atoms with E-state index in [4.69, 9.17) is 0 Å². The van der Waals surface area contributed by atoms with E-state index in [-0.39, 0.29) is 11.2 Å². The van der Waals surface area contributed by atoms with Crippen LogP contribution in [0.1, 0.15) is 40.3 Å². The molecule has 0 radical (unpaired) electrons. The third-order valence-corrected chi connectivity index (χ3v) is 5.71. The highest BCUT2D eigenvalue weighted by Gasteiger charge is 2.29. The monoisotopic (exact) mass is 325 g/mol. The van der Waals surface area contributed by atoms with Crippen LogP contribution in [0.15, 0.2) is 47.4 Å². The van der Waals surface area contributed by atoms with Gasteiger partial charge in [0.25, 0.3) is 0 Å². The van der Waals surface area contributed by atoms with Gasteiger partial charge in [0.15, 0.2) is 0 Å². The fourth-order valence-corrected chi connectivity index (χ4v) is 4.07. The van der Waals surface area contributed by atoms with Gasteiger partial charge in [0, 0.05) is 10.9 Å². The molecule has 120 valence electrons. The fraction of sp³-hybridized carbons (Fsp3) is 0.350. The van der Waals surface area contributed by atoms with Crippen LogP contribution in [0.5, 0.6) is 0 Å². The van der Waals surface area contributed by atoms with Crippen molar-refractivity contribution in [2.45, 2.75) is 49.8 Å². The minimum atomic E-state index is -0.197. The van der Waals surface area contributed by atoms with Crippen molar-refractivity contribution in [3.63, 3.8) is 0 Å². The molecule has 0 aromatic heterocycles. The summed E-state index contributed by atoms with van der Waals surface area (Å²) in [6.45, 7) is 6.37. The molecule has 1 saturated carbocycles. The van der Waals surface area contributed by atoms with Crippen molar-refractivity contribution in [2.24, 2.45) is 0 Å². The number of rotatable bonds is 5. The summed E-state index contributed by atoms with van der Waals surface area (Å²) in [6, 6.07) is 14.9. The first-order valence-corrected chi connectivity index (χ1v) is 9.02. The van der Waals surface area contributed by atoms with Crippen LogP contribution in [0.25, 0.3) is 0 Å². The Labute approximate surface area is 142 Å². The largest absolute Gasteiger partial charge is 0.352 e. The van der Waals surface area contributed by atoms with Crippen molar-refractivity contribution >= 4 is 17.7 Å². The normalized spacial score (nSPS) is 15.3. The predicted molar refractivity (Wildman–Crippen MR) is 96.9 cm³/mol.